The van der Waals surface area contributed by atoms with Crippen LogP contribution < -0.4 is 5.73 Å². The first-order chi connectivity index (χ1) is 6.54. The Hall–Kier alpha value is -0.0400. The third-order valence-electron chi connectivity index (χ3n) is 3.82. The summed E-state index contributed by atoms with van der Waals surface area (Å²) in [4.78, 5) is 0. The lowest BCUT2D eigenvalue weighted by Crippen LogP contribution is -2.27. The predicted octanol–water partition coefficient (Wildman–Crippen LogP) is 3.58. The van der Waals surface area contributed by atoms with Crippen molar-refractivity contribution in [1.29, 1.82) is 0 Å². The van der Waals surface area contributed by atoms with E-state index in [0.29, 0.717) is 5.41 Å². The van der Waals surface area contributed by atoms with E-state index in [1.165, 1.54) is 38.5 Å². The molecule has 1 heteroatoms. The normalized spacial score (nSPS) is 29.1. The van der Waals surface area contributed by atoms with E-state index in [2.05, 4.69) is 20.8 Å². The molecule has 84 valence electrons. The highest BCUT2D eigenvalue weighted by Gasteiger charge is 2.29. The van der Waals surface area contributed by atoms with Gasteiger partial charge in [0.1, 0.15) is 0 Å². The Labute approximate surface area is 89.5 Å². The Kier molecular flexibility index (Phi) is 4.43. The van der Waals surface area contributed by atoms with Crippen molar-refractivity contribution in [2.45, 2.75) is 59.3 Å². The van der Waals surface area contributed by atoms with E-state index >= 15 is 0 Å². The van der Waals surface area contributed by atoms with E-state index < -0.39 is 0 Å². The van der Waals surface area contributed by atoms with Gasteiger partial charge in [0.05, 0.1) is 0 Å². The van der Waals surface area contributed by atoms with Gasteiger partial charge in [0.25, 0.3) is 0 Å². The maximum atomic E-state index is 5.57. The van der Waals surface area contributed by atoms with Gasteiger partial charge in [0, 0.05) is 0 Å². The van der Waals surface area contributed by atoms with E-state index in [1.54, 1.807) is 0 Å². The molecule has 0 bridgehead atoms. The zero-order valence-electron chi connectivity index (χ0n) is 10.2. The van der Waals surface area contributed by atoms with Gasteiger partial charge >= 0.3 is 0 Å². The summed E-state index contributed by atoms with van der Waals surface area (Å²) in [5.74, 6) is 1.91. The minimum Gasteiger partial charge on any atom is -0.330 e. The lowest BCUT2D eigenvalue weighted by molar-refractivity contribution is 0.136. The van der Waals surface area contributed by atoms with E-state index in [4.69, 9.17) is 5.73 Å². The van der Waals surface area contributed by atoms with Gasteiger partial charge in [-0.25, -0.2) is 0 Å². The molecular weight excluding hydrogens is 170 g/mol. The van der Waals surface area contributed by atoms with Crippen LogP contribution in [-0.4, -0.2) is 6.54 Å². The van der Waals surface area contributed by atoms with Crippen LogP contribution in [0.2, 0.25) is 0 Å². The number of nitrogens with two attached hydrogens (primary N) is 1. The van der Waals surface area contributed by atoms with Crippen molar-refractivity contribution in [2.75, 3.05) is 6.54 Å². The molecule has 0 aliphatic heterocycles. The molecule has 1 saturated carbocycles. The standard InChI is InChI=1S/C13H27N/c1-13(2,3)12-8-4-6-11(10-12)7-5-9-14/h11-12H,4-10,14H2,1-3H3. The van der Waals surface area contributed by atoms with Crippen LogP contribution in [0.1, 0.15) is 59.3 Å². The van der Waals surface area contributed by atoms with E-state index in [9.17, 15) is 0 Å². The van der Waals surface area contributed by atoms with Crippen molar-refractivity contribution >= 4 is 0 Å². The molecule has 2 N–H and O–H groups in total. The first-order valence-corrected chi connectivity index (χ1v) is 6.24. The van der Waals surface area contributed by atoms with Gasteiger partial charge < -0.3 is 5.73 Å². The molecule has 1 fully saturated rings. The molecule has 1 aliphatic rings. The Morgan fingerprint density at radius 3 is 2.50 bits per heavy atom. The third kappa shape index (κ3) is 3.61. The van der Waals surface area contributed by atoms with Gasteiger partial charge in [0.2, 0.25) is 0 Å². The van der Waals surface area contributed by atoms with Gasteiger partial charge in [-0.2, -0.15) is 0 Å². The molecule has 0 saturated heterocycles. The average molecular weight is 197 g/mol. The summed E-state index contributed by atoms with van der Waals surface area (Å²) < 4.78 is 0. The second-order valence-corrected chi connectivity index (χ2v) is 6.03. The van der Waals surface area contributed by atoms with Gasteiger partial charge in [-0.05, 0) is 49.5 Å². The summed E-state index contributed by atoms with van der Waals surface area (Å²) >= 11 is 0. The largest absolute Gasteiger partial charge is 0.330 e. The summed E-state index contributed by atoms with van der Waals surface area (Å²) in [7, 11) is 0. The molecule has 2 unspecified atom stereocenters. The van der Waals surface area contributed by atoms with Crippen LogP contribution in [0.25, 0.3) is 0 Å². The van der Waals surface area contributed by atoms with Gasteiger partial charge in [0.15, 0.2) is 0 Å². The molecule has 1 rings (SSSR count). The first-order valence-electron chi connectivity index (χ1n) is 6.24. The van der Waals surface area contributed by atoms with Crippen LogP contribution >= 0.6 is 0 Å². The van der Waals surface area contributed by atoms with Crippen molar-refractivity contribution in [2.24, 2.45) is 23.0 Å². The highest BCUT2D eigenvalue weighted by Crippen LogP contribution is 2.41. The third-order valence-corrected chi connectivity index (χ3v) is 3.82. The molecule has 14 heavy (non-hydrogen) atoms. The Balaban J connectivity index is 2.36. The van der Waals surface area contributed by atoms with Crippen molar-refractivity contribution in [3.63, 3.8) is 0 Å². The summed E-state index contributed by atoms with van der Waals surface area (Å²) in [6.07, 6.45) is 8.38. The van der Waals surface area contributed by atoms with Gasteiger partial charge in [-0.3, -0.25) is 0 Å². The lowest BCUT2D eigenvalue weighted by Gasteiger charge is -2.37. The minimum absolute atomic E-state index is 0.515. The average Bonchev–Trinajstić information content (AvgIpc) is 2.14. The molecule has 0 aromatic heterocycles. The molecule has 0 aromatic carbocycles. The SMILES string of the molecule is CC(C)(C)C1CCCC(CCCN)C1. The van der Waals surface area contributed by atoms with Crippen LogP contribution in [-0.2, 0) is 0 Å². The predicted molar refractivity (Wildman–Crippen MR) is 63.2 cm³/mol. The fourth-order valence-corrected chi connectivity index (χ4v) is 2.75. The summed E-state index contributed by atoms with van der Waals surface area (Å²) in [5, 5.41) is 0. The highest BCUT2D eigenvalue weighted by atomic mass is 14.5. The fourth-order valence-electron chi connectivity index (χ4n) is 2.75. The quantitative estimate of drug-likeness (QED) is 0.735. The molecule has 2 atom stereocenters. The molecule has 0 aromatic rings. The van der Waals surface area contributed by atoms with E-state index in [1.807, 2.05) is 0 Å². The van der Waals surface area contributed by atoms with Crippen molar-refractivity contribution in [3.8, 4) is 0 Å². The van der Waals surface area contributed by atoms with Gasteiger partial charge in [-0.1, -0.05) is 33.6 Å². The summed E-state index contributed by atoms with van der Waals surface area (Å²) in [6.45, 7) is 8.05. The van der Waals surface area contributed by atoms with Crippen LogP contribution in [0.15, 0.2) is 0 Å². The monoisotopic (exact) mass is 197 g/mol. The van der Waals surface area contributed by atoms with Crippen molar-refractivity contribution in [1.82, 2.24) is 0 Å². The zero-order valence-corrected chi connectivity index (χ0v) is 10.2. The van der Waals surface area contributed by atoms with E-state index in [0.717, 1.165) is 18.4 Å². The van der Waals surface area contributed by atoms with Gasteiger partial charge in [-0.15, -0.1) is 0 Å². The second kappa shape index (κ2) is 5.16. The number of rotatable bonds is 3. The first kappa shape index (κ1) is 12.0. The van der Waals surface area contributed by atoms with Crippen molar-refractivity contribution < 1.29 is 0 Å². The highest BCUT2D eigenvalue weighted by molar-refractivity contribution is 4.81. The molecule has 0 radical (unpaired) electrons. The molecule has 1 aliphatic carbocycles. The smallest absolute Gasteiger partial charge is 0.00772 e. The summed E-state index contributed by atoms with van der Waals surface area (Å²) in [5.41, 5.74) is 6.08. The van der Waals surface area contributed by atoms with E-state index in [-0.39, 0.29) is 0 Å². The maximum Gasteiger partial charge on any atom is -0.00772 e. The minimum atomic E-state index is 0.515. The number of hydrogen-bond donors (Lipinski definition) is 1. The van der Waals surface area contributed by atoms with Crippen molar-refractivity contribution in [3.05, 3.63) is 0 Å². The van der Waals surface area contributed by atoms with Crippen LogP contribution in [0.4, 0.5) is 0 Å². The number of hydrogen-bond acceptors (Lipinski definition) is 1. The molecule has 0 heterocycles. The molecule has 0 spiro atoms. The molecule has 0 amide bonds. The zero-order chi connectivity index (χ0) is 10.6. The maximum absolute atomic E-state index is 5.57. The molecule has 1 nitrogen and oxygen atoms in total. The summed E-state index contributed by atoms with van der Waals surface area (Å²) in [6, 6.07) is 0. The molecular formula is C13H27N. The van der Waals surface area contributed by atoms with Crippen LogP contribution in [0.5, 0.6) is 0 Å². The Bertz CT molecular complexity index is 157. The lowest BCUT2D eigenvalue weighted by atomic mass is 9.68. The fraction of sp³-hybridized carbons (Fsp3) is 1.00. The second-order valence-electron chi connectivity index (χ2n) is 6.03. The Morgan fingerprint density at radius 1 is 1.21 bits per heavy atom. The Morgan fingerprint density at radius 2 is 1.93 bits per heavy atom. The van der Waals surface area contributed by atoms with Crippen LogP contribution in [0, 0.1) is 17.3 Å². The van der Waals surface area contributed by atoms with Crippen LogP contribution in [0.3, 0.4) is 0 Å². The topological polar surface area (TPSA) is 26.0 Å².